The molecule has 1 rings (SSSR count). The van der Waals surface area contributed by atoms with Gasteiger partial charge in [-0.05, 0) is 32.4 Å². The summed E-state index contributed by atoms with van der Waals surface area (Å²) in [6, 6.07) is 0.365. The Bertz CT molecular complexity index is 228. The molecule has 3 nitrogen and oxygen atoms in total. The van der Waals surface area contributed by atoms with Crippen molar-refractivity contribution in [3.63, 3.8) is 0 Å². The summed E-state index contributed by atoms with van der Waals surface area (Å²) in [5, 5.41) is 3.18. The van der Waals surface area contributed by atoms with Crippen LogP contribution in [0.2, 0.25) is 0 Å². The first-order valence-electron chi connectivity index (χ1n) is 7.16. The van der Waals surface area contributed by atoms with Crippen molar-refractivity contribution in [1.82, 2.24) is 10.2 Å². The maximum atomic E-state index is 11.7. The molecule has 1 N–H and O–H groups in total. The molecule has 1 amide bonds. The first kappa shape index (κ1) is 14.5. The first-order valence-corrected chi connectivity index (χ1v) is 7.16. The van der Waals surface area contributed by atoms with Gasteiger partial charge in [-0.3, -0.25) is 4.79 Å². The van der Waals surface area contributed by atoms with E-state index in [-0.39, 0.29) is 11.8 Å². The van der Waals surface area contributed by atoms with Crippen molar-refractivity contribution >= 4 is 5.91 Å². The minimum absolute atomic E-state index is 0.0994. The summed E-state index contributed by atoms with van der Waals surface area (Å²) in [4.78, 5) is 14.2. The average molecular weight is 240 g/mol. The molecule has 1 unspecified atom stereocenters. The van der Waals surface area contributed by atoms with Gasteiger partial charge in [0.05, 0.1) is 0 Å². The van der Waals surface area contributed by atoms with E-state index >= 15 is 0 Å². The first-order chi connectivity index (χ1) is 8.13. The number of unbranched alkanes of at least 4 members (excludes halogenated alkanes) is 1. The van der Waals surface area contributed by atoms with Crippen molar-refractivity contribution in [2.24, 2.45) is 5.92 Å². The Labute approximate surface area is 106 Å². The highest BCUT2D eigenvalue weighted by molar-refractivity contribution is 5.78. The van der Waals surface area contributed by atoms with Gasteiger partial charge < -0.3 is 10.2 Å². The number of likely N-dealkylation sites (tertiary alicyclic amines) is 1. The predicted octanol–water partition coefficient (Wildman–Crippen LogP) is 2.41. The van der Waals surface area contributed by atoms with Crippen LogP contribution in [0.1, 0.15) is 52.9 Å². The Morgan fingerprint density at radius 1 is 1.41 bits per heavy atom. The Morgan fingerprint density at radius 3 is 2.82 bits per heavy atom. The van der Waals surface area contributed by atoms with Gasteiger partial charge in [-0.25, -0.2) is 0 Å². The number of hydrogen-bond donors (Lipinski definition) is 1. The molecular formula is C14H28N2O. The van der Waals surface area contributed by atoms with Gasteiger partial charge >= 0.3 is 0 Å². The molecule has 1 aliphatic rings. The zero-order valence-electron chi connectivity index (χ0n) is 11.7. The molecule has 0 spiro atoms. The van der Waals surface area contributed by atoms with Crippen LogP contribution in [0.25, 0.3) is 0 Å². The molecule has 0 bridgehead atoms. The smallest absolute Gasteiger partial charge is 0.222 e. The van der Waals surface area contributed by atoms with Gasteiger partial charge in [0.2, 0.25) is 5.91 Å². The highest BCUT2D eigenvalue weighted by Crippen LogP contribution is 2.12. The van der Waals surface area contributed by atoms with E-state index in [0.717, 1.165) is 13.0 Å². The number of amides is 1. The van der Waals surface area contributed by atoms with Crippen molar-refractivity contribution in [2.45, 2.75) is 58.9 Å². The van der Waals surface area contributed by atoms with Crippen LogP contribution in [0.15, 0.2) is 0 Å². The Morgan fingerprint density at radius 2 is 2.18 bits per heavy atom. The lowest BCUT2D eigenvalue weighted by atomic mass is 10.1. The van der Waals surface area contributed by atoms with E-state index in [1.165, 1.54) is 38.8 Å². The van der Waals surface area contributed by atoms with Crippen LogP contribution < -0.4 is 5.32 Å². The lowest BCUT2D eigenvalue weighted by molar-refractivity contribution is -0.124. The second-order valence-corrected chi connectivity index (χ2v) is 5.51. The van der Waals surface area contributed by atoms with Crippen LogP contribution in [0.5, 0.6) is 0 Å². The summed E-state index contributed by atoms with van der Waals surface area (Å²) in [6.07, 6.45) is 6.18. The molecule has 1 fully saturated rings. The normalized spacial score (nSPS) is 22.5. The largest absolute Gasteiger partial charge is 0.352 e. The molecule has 1 atom stereocenters. The van der Waals surface area contributed by atoms with Crippen LogP contribution in [0, 0.1) is 5.92 Å². The Hall–Kier alpha value is -0.570. The zero-order valence-corrected chi connectivity index (χ0v) is 11.7. The summed E-state index contributed by atoms with van der Waals surface area (Å²) in [5.41, 5.74) is 0. The van der Waals surface area contributed by atoms with E-state index in [2.05, 4.69) is 17.1 Å². The maximum Gasteiger partial charge on any atom is 0.222 e. The van der Waals surface area contributed by atoms with E-state index in [1.54, 1.807) is 0 Å². The van der Waals surface area contributed by atoms with Crippen molar-refractivity contribution < 1.29 is 4.79 Å². The summed E-state index contributed by atoms with van der Waals surface area (Å²) < 4.78 is 0. The lowest BCUT2D eigenvalue weighted by Gasteiger charge is -2.25. The van der Waals surface area contributed by atoms with E-state index in [1.807, 2.05) is 13.8 Å². The van der Waals surface area contributed by atoms with Crippen LogP contribution in [0.3, 0.4) is 0 Å². The van der Waals surface area contributed by atoms with Crippen LogP contribution >= 0.6 is 0 Å². The van der Waals surface area contributed by atoms with Crippen LogP contribution in [-0.4, -0.2) is 36.5 Å². The van der Waals surface area contributed by atoms with Crippen LogP contribution in [-0.2, 0) is 4.79 Å². The highest BCUT2D eigenvalue weighted by Gasteiger charge is 2.20. The fourth-order valence-corrected chi connectivity index (χ4v) is 2.29. The molecule has 1 saturated heterocycles. The molecule has 0 aliphatic carbocycles. The third-order valence-electron chi connectivity index (χ3n) is 3.45. The standard InChI is InChI=1S/C14H28N2O/c1-4-5-9-16-10-7-6-8-13(11-16)15-14(17)12(2)3/h12-13H,4-11H2,1-3H3,(H,15,17). The summed E-state index contributed by atoms with van der Waals surface area (Å²) >= 11 is 0. The van der Waals surface area contributed by atoms with Gasteiger partial charge in [0.25, 0.3) is 0 Å². The number of nitrogens with one attached hydrogen (secondary N) is 1. The molecular weight excluding hydrogens is 212 g/mol. The summed E-state index contributed by atoms with van der Waals surface area (Å²) in [5.74, 6) is 0.301. The average Bonchev–Trinajstić information content (AvgIpc) is 2.51. The molecule has 0 radical (unpaired) electrons. The second-order valence-electron chi connectivity index (χ2n) is 5.51. The van der Waals surface area contributed by atoms with Gasteiger partial charge in [0, 0.05) is 18.5 Å². The minimum atomic E-state index is 0.0994. The number of hydrogen-bond acceptors (Lipinski definition) is 2. The number of carbonyl (C=O) groups is 1. The fourth-order valence-electron chi connectivity index (χ4n) is 2.29. The second kappa shape index (κ2) is 7.70. The monoisotopic (exact) mass is 240 g/mol. The van der Waals surface area contributed by atoms with E-state index in [9.17, 15) is 4.79 Å². The molecule has 3 heteroatoms. The van der Waals surface area contributed by atoms with Crippen molar-refractivity contribution in [1.29, 1.82) is 0 Å². The molecule has 1 aliphatic heterocycles. The van der Waals surface area contributed by atoms with Crippen molar-refractivity contribution in [2.75, 3.05) is 19.6 Å². The molecule has 0 aromatic carbocycles. The minimum Gasteiger partial charge on any atom is -0.352 e. The predicted molar refractivity (Wildman–Crippen MR) is 72.0 cm³/mol. The molecule has 0 aromatic rings. The third-order valence-corrected chi connectivity index (χ3v) is 3.45. The van der Waals surface area contributed by atoms with Gasteiger partial charge in [-0.1, -0.05) is 33.6 Å². The number of rotatable bonds is 5. The molecule has 1 heterocycles. The zero-order chi connectivity index (χ0) is 12.7. The quantitative estimate of drug-likeness (QED) is 0.800. The van der Waals surface area contributed by atoms with Gasteiger partial charge in [0.15, 0.2) is 0 Å². The molecule has 17 heavy (non-hydrogen) atoms. The van der Waals surface area contributed by atoms with Crippen molar-refractivity contribution in [3.05, 3.63) is 0 Å². The topological polar surface area (TPSA) is 32.3 Å². The van der Waals surface area contributed by atoms with E-state index in [4.69, 9.17) is 0 Å². The molecule has 0 aromatic heterocycles. The van der Waals surface area contributed by atoms with E-state index < -0.39 is 0 Å². The fraction of sp³-hybridized carbons (Fsp3) is 0.929. The summed E-state index contributed by atoms with van der Waals surface area (Å²) in [6.45, 7) is 9.58. The van der Waals surface area contributed by atoms with Gasteiger partial charge in [0.1, 0.15) is 0 Å². The maximum absolute atomic E-state index is 11.7. The number of nitrogens with zero attached hydrogens (tertiary/aromatic N) is 1. The van der Waals surface area contributed by atoms with Crippen LogP contribution in [0.4, 0.5) is 0 Å². The van der Waals surface area contributed by atoms with Crippen molar-refractivity contribution in [3.8, 4) is 0 Å². The SMILES string of the molecule is CCCCN1CCCCC(NC(=O)C(C)C)C1. The lowest BCUT2D eigenvalue weighted by Crippen LogP contribution is -2.44. The molecule has 100 valence electrons. The third kappa shape index (κ3) is 5.53. The van der Waals surface area contributed by atoms with Gasteiger partial charge in [-0.15, -0.1) is 0 Å². The highest BCUT2D eigenvalue weighted by atomic mass is 16.1. The summed E-state index contributed by atoms with van der Waals surface area (Å²) in [7, 11) is 0. The Kier molecular flexibility index (Phi) is 6.56. The molecule has 0 saturated carbocycles. The Balaban J connectivity index is 2.39. The van der Waals surface area contributed by atoms with Gasteiger partial charge in [-0.2, -0.15) is 0 Å². The van der Waals surface area contributed by atoms with E-state index in [0.29, 0.717) is 6.04 Å². The number of carbonyl (C=O) groups excluding carboxylic acids is 1.